The molecule has 1 aliphatic carbocycles. The van der Waals surface area contributed by atoms with Gasteiger partial charge in [-0.2, -0.15) is 0 Å². The highest BCUT2D eigenvalue weighted by Gasteiger charge is 2.35. The number of rotatable bonds is 12. The summed E-state index contributed by atoms with van der Waals surface area (Å²) in [7, 11) is -2.21. The molecule has 0 bridgehead atoms. The van der Waals surface area contributed by atoms with Crippen molar-refractivity contribution in [1.82, 2.24) is 5.09 Å². The lowest BCUT2D eigenvalue weighted by Crippen LogP contribution is -2.35. The molecular weight excluding hydrogens is 389 g/mol. The zero-order valence-corrected chi connectivity index (χ0v) is 19.5. The Hall–Kier alpha value is -1.36. The SMILES string of the molecule is CCCc1cccc([C@H](C)C2CC2)c1OP(=O)(COC(C)C)N[C@@H](C)C(=O)OC. The Balaban J connectivity index is 2.39. The van der Waals surface area contributed by atoms with Crippen molar-refractivity contribution in [2.45, 2.75) is 78.4 Å². The standard InChI is InChI=1S/C22H36NO5P/c1-7-9-19-10-8-11-20(16(4)18-12-13-18)21(19)28-29(25,14-27-15(2)3)23-17(5)22(24)26-6/h8,10-11,15-18H,7,9,12-14H2,1-6H3,(H,23,25)/t16-,17+,29?/m1/s1. The number of esters is 1. The van der Waals surface area contributed by atoms with Gasteiger partial charge < -0.3 is 14.0 Å². The fraction of sp³-hybridized carbons (Fsp3) is 0.682. The predicted octanol–water partition coefficient (Wildman–Crippen LogP) is 5.26. The van der Waals surface area contributed by atoms with Gasteiger partial charge in [0.05, 0.1) is 13.2 Å². The van der Waals surface area contributed by atoms with Crippen LogP contribution in [0.4, 0.5) is 0 Å². The molecule has 0 radical (unpaired) electrons. The third-order valence-electron chi connectivity index (χ3n) is 5.23. The molecule has 1 aliphatic rings. The van der Waals surface area contributed by atoms with Gasteiger partial charge in [-0.05, 0) is 63.0 Å². The fourth-order valence-corrected chi connectivity index (χ4v) is 5.29. The van der Waals surface area contributed by atoms with Crippen LogP contribution in [-0.2, 0) is 25.3 Å². The second kappa shape index (κ2) is 10.6. The van der Waals surface area contributed by atoms with Crippen molar-refractivity contribution in [3.8, 4) is 5.75 Å². The minimum atomic E-state index is -3.52. The Morgan fingerprint density at radius 3 is 2.48 bits per heavy atom. The second-order valence-electron chi connectivity index (χ2n) is 8.19. The van der Waals surface area contributed by atoms with Crippen molar-refractivity contribution in [1.29, 1.82) is 0 Å². The van der Waals surface area contributed by atoms with Crippen LogP contribution in [0.1, 0.15) is 70.9 Å². The largest absolute Gasteiger partial charge is 0.468 e. The maximum absolute atomic E-state index is 13.8. The maximum atomic E-state index is 13.8. The summed E-state index contributed by atoms with van der Waals surface area (Å²) in [5.41, 5.74) is 2.12. The molecule has 0 saturated heterocycles. The van der Waals surface area contributed by atoms with E-state index in [1.54, 1.807) is 6.92 Å². The third-order valence-corrected chi connectivity index (χ3v) is 6.97. The third kappa shape index (κ3) is 6.84. The lowest BCUT2D eigenvalue weighted by Gasteiger charge is -2.27. The van der Waals surface area contributed by atoms with Crippen LogP contribution in [0.5, 0.6) is 5.75 Å². The summed E-state index contributed by atoms with van der Waals surface area (Å²) in [6, 6.07) is 5.37. The molecule has 3 atom stereocenters. The normalized spacial score (nSPS) is 18.2. The van der Waals surface area contributed by atoms with Crippen LogP contribution in [0.2, 0.25) is 0 Å². The number of nitrogens with one attached hydrogen (secondary N) is 1. The number of ether oxygens (including phenoxy) is 2. The molecule has 1 N–H and O–H groups in total. The molecule has 0 heterocycles. The van der Waals surface area contributed by atoms with E-state index in [2.05, 4.69) is 25.0 Å². The van der Waals surface area contributed by atoms with Crippen LogP contribution >= 0.6 is 7.52 Å². The number of carbonyl (C=O) groups is 1. The van der Waals surface area contributed by atoms with Crippen LogP contribution in [0.15, 0.2) is 18.2 Å². The molecule has 1 saturated carbocycles. The summed E-state index contributed by atoms with van der Waals surface area (Å²) in [5.74, 6) is 1.16. The van der Waals surface area contributed by atoms with Crippen LogP contribution in [0, 0.1) is 5.92 Å². The molecule has 2 rings (SSSR count). The number of hydrogen-bond donors (Lipinski definition) is 1. The van der Waals surface area contributed by atoms with Gasteiger partial charge in [0.15, 0.2) is 0 Å². The molecule has 0 amide bonds. The number of benzene rings is 1. The first-order valence-corrected chi connectivity index (χ1v) is 12.4. The van der Waals surface area contributed by atoms with Crippen molar-refractivity contribution < 1.29 is 23.4 Å². The predicted molar refractivity (Wildman–Crippen MR) is 116 cm³/mol. The molecule has 164 valence electrons. The zero-order chi connectivity index (χ0) is 21.6. The summed E-state index contributed by atoms with van der Waals surface area (Å²) in [4.78, 5) is 11.9. The Bertz CT molecular complexity index is 732. The van der Waals surface area contributed by atoms with Crippen LogP contribution in [0.3, 0.4) is 0 Å². The first-order valence-electron chi connectivity index (χ1n) is 10.6. The maximum Gasteiger partial charge on any atom is 0.342 e. The van der Waals surface area contributed by atoms with Gasteiger partial charge in [0, 0.05) is 0 Å². The van der Waals surface area contributed by atoms with Gasteiger partial charge in [0.25, 0.3) is 0 Å². The molecule has 7 heteroatoms. The average Bonchev–Trinajstić information content (AvgIpc) is 3.52. The summed E-state index contributed by atoms with van der Waals surface area (Å²) in [6.45, 7) is 9.68. The topological polar surface area (TPSA) is 73.9 Å². The molecule has 0 spiro atoms. The molecule has 1 unspecified atom stereocenters. The summed E-state index contributed by atoms with van der Waals surface area (Å²) in [5, 5.41) is 2.86. The summed E-state index contributed by atoms with van der Waals surface area (Å²) >= 11 is 0. The van der Waals surface area contributed by atoms with E-state index in [9.17, 15) is 9.36 Å². The lowest BCUT2D eigenvalue weighted by molar-refractivity contribution is -0.142. The van der Waals surface area contributed by atoms with E-state index >= 15 is 0 Å². The van der Waals surface area contributed by atoms with Gasteiger partial charge in [0.2, 0.25) is 0 Å². The van der Waals surface area contributed by atoms with Gasteiger partial charge in [-0.1, -0.05) is 38.5 Å². The Morgan fingerprint density at radius 2 is 1.93 bits per heavy atom. The zero-order valence-electron chi connectivity index (χ0n) is 18.6. The highest BCUT2D eigenvalue weighted by Crippen LogP contribution is 2.51. The van der Waals surface area contributed by atoms with Gasteiger partial charge in [-0.3, -0.25) is 9.36 Å². The van der Waals surface area contributed by atoms with Crippen LogP contribution in [0.25, 0.3) is 0 Å². The molecule has 0 aromatic heterocycles. The van der Waals surface area contributed by atoms with E-state index in [4.69, 9.17) is 14.0 Å². The first-order chi connectivity index (χ1) is 13.7. The van der Waals surface area contributed by atoms with E-state index < -0.39 is 19.5 Å². The number of carbonyl (C=O) groups excluding carboxylic acids is 1. The number of hydrogen-bond acceptors (Lipinski definition) is 5. The van der Waals surface area contributed by atoms with Crippen LogP contribution in [-0.4, -0.2) is 31.6 Å². The van der Waals surface area contributed by atoms with Crippen molar-refractivity contribution in [2.24, 2.45) is 5.92 Å². The monoisotopic (exact) mass is 425 g/mol. The Kier molecular flexibility index (Phi) is 8.74. The van der Waals surface area contributed by atoms with Crippen molar-refractivity contribution in [3.63, 3.8) is 0 Å². The summed E-state index contributed by atoms with van der Waals surface area (Å²) < 4.78 is 30.4. The van der Waals surface area contributed by atoms with Crippen molar-refractivity contribution >= 4 is 13.5 Å². The Labute approximate surface area is 175 Å². The fourth-order valence-electron chi connectivity index (χ4n) is 3.40. The number of para-hydroxylation sites is 1. The smallest absolute Gasteiger partial charge is 0.342 e. The average molecular weight is 426 g/mol. The number of aryl methyl sites for hydroxylation is 1. The van der Waals surface area contributed by atoms with Crippen molar-refractivity contribution in [3.05, 3.63) is 29.3 Å². The highest BCUT2D eigenvalue weighted by molar-refractivity contribution is 7.57. The van der Waals surface area contributed by atoms with Gasteiger partial charge >= 0.3 is 13.5 Å². The minimum absolute atomic E-state index is 0.113. The molecular formula is C22H36NO5P. The van der Waals surface area contributed by atoms with Gasteiger partial charge in [-0.15, -0.1) is 0 Å². The molecule has 1 aromatic carbocycles. The molecule has 0 aliphatic heterocycles. The minimum Gasteiger partial charge on any atom is -0.468 e. The first kappa shape index (κ1) is 23.9. The van der Waals surface area contributed by atoms with Gasteiger partial charge in [-0.25, -0.2) is 5.09 Å². The number of methoxy groups -OCH3 is 1. The van der Waals surface area contributed by atoms with E-state index in [1.165, 1.54) is 20.0 Å². The molecule has 1 aromatic rings. The highest BCUT2D eigenvalue weighted by atomic mass is 31.2. The van der Waals surface area contributed by atoms with Gasteiger partial charge in [0.1, 0.15) is 18.1 Å². The van der Waals surface area contributed by atoms with E-state index in [-0.39, 0.29) is 12.5 Å². The lowest BCUT2D eigenvalue weighted by atomic mass is 9.92. The molecule has 6 nitrogen and oxygen atoms in total. The van der Waals surface area contributed by atoms with Crippen LogP contribution < -0.4 is 9.61 Å². The second-order valence-corrected chi connectivity index (χ2v) is 10.2. The molecule has 1 fully saturated rings. The van der Waals surface area contributed by atoms with E-state index in [0.717, 1.165) is 24.0 Å². The van der Waals surface area contributed by atoms with E-state index in [0.29, 0.717) is 17.6 Å². The van der Waals surface area contributed by atoms with Crippen molar-refractivity contribution in [2.75, 3.05) is 13.5 Å². The summed E-state index contributed by atoms with van der Waals surface area (Å²) in [6.07, 6.45) is 3.98. The Morgan fingerprint density at radius 1 is 1.24 bits per heavy atom. The molecule has 29 heavy (non-hydrogen) atoms. The van der Waals surface area contributed by atoms with E-state index in [1.807, 2.05) is 26.0 Å². The quantitative estimate of drug-likeness (QED) is 0.364.